The fourth-order valence-corrected chi connectivity index (χ4v) is 1.98. The van der Waals surface area contributed by atoms with E-state index in [4.69, 9.17) is 0 Å². The third kappa shape index (κ3) is 3.68. The van der Waals surface area contributed by atoms with Gasteiger partial charge in [-0.05, 0) is 36.1 Å². The molecular formula is C17H19NO. The number of hydrogen-bond donors (Lipinski definition) is 1. The van der Waals surface area contributed by atoms with Crippen molar-refractivity contribution in [3.8, 4) is 5.75 Å². The Bertz CT molecular complexity index is 559. The van der Waals surface area contributed by atoms with Crippen LogP contribution in [0.15, 0.2) is 53.5 Å². The molecule has 19 heavy (non-hydrogen) atoms. The zero-order valence-electron chi connectivity index (χ0n) is 11.4. The van der Waals surface area contributed by atoms with Gasteiger partial charge >= 0.3 is 0 Å². The normalized spacial score (nSPS) is 11.3. The van der Waals surface area contributed by atoms with E-state index >= 15 is 0 Å². The summed E-state index contributed by atoms with van der Waals surface area (Å²) in [6.45, 7) is 4.29. The van der Waals surface area contributed by atoms with Crippen LogP contribution in [0.5, 0.6) is 5.75 Å². The Hall–Kier alpha value is -2.09. The number of hydrogen-bond acceptors (Lipinski definition) is 2. The van der Waals surface area contributed by atoms with Gasteiger partial charge in [0, 0.05) is 11.8 Å². The summed E-state index contributed by atoms with van der Waals surface area (Å²) in [5.41, 5.74) is 2.63. The molecule has 0 bridgehead atoms. The van der Waals surface area contributed by atoms with Gasteiger partial charge in [0.15, 0.2) is 0 Å². The highest BCUT2D eigenvalue weighted by Crippen LogP contribution is 2.24. The van der Waals surface area contributed by atoms with Gasteiger partial charge in [-0.2, -0.15) is 0 Å². The molecule has 1 N–H and O–H groups in total. The van der Waals surface area contributed by atoms with E-state index in [1.807, 2.05) is 48.5 Å². The van der Waals surface area contributed by atoms with Crippen LogP contribution in [0.1, 0.15) is 25.0 Å². The molecule has 0 amide bonds. The summed E-state index contributed by atoms with van der Waals surface area (Å²) >= 11 is 0. The highest BCUT2D eigenvalue weighted by atomic mass is 16.3. The molecule has 2 rings (SSSR count). The third-order valence-electron chi connectivity index (χ3n) is 2.89. The molecule has 0 fully saturated rings. The van der Waals surface area contributed by atoms with E-state index < -0.39 is 0 Å². The number of para-hydroxylation sites is 2. The Morgan fingerprint density at radius 1 is 1.05 bits per heavy atom. The van der Waals surface area contributed by atoms with Gasteiger partial charge in [-0.1, -0.05) is 44.2 Å². The topological polar surface area (TPSA) is 32.6 Å². The van der Waals surface area contributed by atoms with E-state index in [0.29, 0.717) is 11.7 Å². The Balaban J connectivity index is 2.23. The standard InChI is InChI=1S/C17H19NO/c1-13(2)11-14-7-6-8-15(17(14)19)12-18-16-9-4-3-5-10-16/h3-10,12-13,19H,11H2,1-2H3/b18-12+. The minimum absolute atomic E-state index is 0.343. The molecule has 0 aromatic heterocycles. The summed E-state index contributed by atoms with van der Waals surface area (Å²) in [6, 6.07) is 15.5. The number of phenolic OH excluding ortho intramolecular Hbond substituents is 1. The van der Waals surface area contributed by atoms with Gasteiger partial charge in [0.2, 0.25) is 0 Å². The molecule has 98 valence electrons. The highest BCUT2D eigenvalue weighted by Gasteiger charge is 2.06. The maximum Gasteiger partial charge on any atom is 0.127 e. The molecule has 2 aromatic rings. The fraction of sp³-hybridized carbons (Fsp3) is 0.235. The molecule has 0 aliphatic carbocycles. The second kappa shape index (κ2) is 6.19. The molecule has 0 heterocycles. The van der Waals surface area contributed by atoms with Crippen LogP contribution in [0.25, 0.3) is 0 Å². The van der Waals surface area contributed by atoms with E-state index in [1.54, 1.807) is 6.21 Å². The van der Waals surface area contributed by atoms with Crippen molar-refractivity contribution in [2.24, 2.45) is 10.9 Å². The number of phenols is 1. The van der Waals surface area contributed by atoms with Crippen molar-refractivity contribution in [3.63, 3.8) is 0 Å². The molecule has 0 radical (unpaired) electrons. The van der Waals surface area contributed by atoms with Gasteiger partial charge in [0.1, 0.15) is 5.75 Å². The lowest BCUT2D eigenvalue weighted by molar-refractivity contribution is 0.461. The van der Waals surface area contributed by atoms with E-state index in [1.165, 1.54) is 0 Å². The molecule has 0 saturated heterocycles. The predicted octanol–water partition coefficient (Wildman–Crippen LogP) is 4.34. The van der Waals surface area contributed by atoms with Gasteiger partial charge in [-0.3, -0.25) is 4.99 Å². The summed E-state index contributed by atoms with van der Waals surface area (Å²) in [6.07, 6.45) is 2.59. The SMILES string of the molecule is CC(C)Cc1cccc(/C=N/c2ccccc2)c1O. The average molecular weight is 253 g/mol. The molecule has 2 heteroatoms. The van der Waals surface area contributed by atoms with Gasteiger partial charge < -0.3 is 5.11 Å². The van der Waals surface area contributed by atoms with Crippen LogP contribution in [0.2, 0.25) is 0 Å². The molecule has 0 aliphatic rings. The summed E-state index contributed by atoms with van der Waals surface area (Å²) in [5, 5.41) is 10.2. The van der Waals surface area contributed by atoms with Crippen molar-refractivity contribution in [2.75, 3.05) is 0 Å². The Labute approximate surface area is 114 Å². The van der Waals surface area contributed by atoms with Crippen molar-refractivity contribution >= 4 is 11.9 Å². The van der Waals surface area contributed by atoms with Crippen LogP contribution in [0.4, 0.5) is 5.69 Å². The smallest absolute Gasteiger partial charge is 0.127 e. The summed E-state index contributed by atoms with van der Waals surface area (Å²) < 4.78 is 0. The summed E-state index contributed by atoms with van der Waals surface area (Å²) in [7, 11) is 0. The molecular weight excluding hydrogens is 234 g/mol. The Morgan fingerprint density at radius 2 is 1.79 bits per heavy atom. The average Bonchev–Trinajstić information content (AvgIpc) is 2.40. The maximum absolute atomic E-state index is 10.2. The maximum atomic E-state index is 10.2. The number of aromatic hydroxyl groups is 1. The van der Waals surface area contributed by atoms with Crippen molar-refractivity contribution < 1.29 is 5.11 Å². The monoisotopic (exact) mass is 253 g/mol. The number of nitrogens with zero attached hydrogens (tertiary/aromatic N) is 1. The van der Waals surface area contributed by atoms with Crippen LogP contribution < -0.4 is 0 Å². The second-order valence-corrected chi connectivity index (χ2v) is 5.05. The van der Waals surface area contributed by atoms with Crippen molar-refractivity contribution in [1.82, 2.24) is 0 Å². The third-order valence-corrected chi connectivity index (χ3v) is 2.89. The van der Waals surface area contributed by atoms with E-state index in [9.17, 15) is 5.11 Å². The lowest BCUT2D eigenvalue weighted by Gasteiger charge is -2.09. The first-order chi connectivity index (χ1) is 9.16. The lowest BCUT2D eigenvalue weighted by Crippen LogP contribution is -1.96. The first kappa shape index (κ1) is 13.3. The Morgan fingerprint density at radius 3 is 2.47 bits per heavy atom. The number of benzene rings is 2. The van der Waals surface area contributed by atoms with Gasteiger partial charge in [-0.15, -0.1) is 0 Å². The molecule has 0 spiro atoms. The van der Waals surface area contributed by atoms with E-state index in [2.05, 4.69) is 18.8 Å². The van der Waals surface area contributed by atoms with Gasteiger partial charge in [0.05, 0.1) is 5.69 Å². The largest absolute Gasteiger partial charge is 0.507 e. The summed E-state index contributed by atoms with van der Waals surface area (Å²) in [5.74, 6) is 0.864. The van der Waals surface area contributed by atoms with Crippen LogP contribution in [0, 0.1) is 5.92 Å². The van der Waals surface area contributed by atoms with Crippen LogP contribution in [0.3, 0.4) is 0 Å². The minimum Gasteiger partial charge on any atom is -0.507 e. The zero-order chi connectivity index (χ0) is 13.7. The van der Waals surface area contributed by atoms with Gasteiger partial charge in [0.25, 0.3) is 0 Å². The molecule has 0 saturated carbocycles. The van der Waals surface area contributed by atoms with Crippen LogP contribution in [-0.2, 0) is 6.42 Å². The second-order valence-electron chi connectivity index (χ2n) is 5.05. The van der Waals surface area contributed by atoms with Crippen LogP contribution in [-0.4, -0.2) is 11.3 Å². The quantitative estimate of drug-likeness (QED) is 0.808. The van der Waals surface area contributed by atoms with Gasteiger partial charge in [-0.25, -0.2) is 0 Å². The molecule has 0 atom stereocenters. The summed E-state index contributed by atoms with van der Waals surface area (Å²) in [4.78, 5) is 4.37. The number of aliphatic imine (C=N–C) groups is 1. The zero-order valence-corrected chi connectivity index (χ0v) is 11.4. The van der Waals surface area contributed by atoms with Crippen molar-refractivity contribution in [2.45, 2.75) is 20.3 Å². The first-order valence-corrected chi connectivity index (χ1v) is 6.57. The molecule has 2 nitrogen and oxygen atoms in total. The molecule has 0 unspecified atom stereocenters. The predicted molar refractivity (Wildman–Crippen MR) is 80.3 cm³/mol. The lowest BCUT2D eigenvalue weighted by atomic mass is 10.00. The highest BCUT2D eigenvalue weighted by molar-refractivity contribution is 5.85. The molecule has 2 aromatic carbocycles. The van der Waals surface area contributed by atoms with Crippen LogP contribution >= 0.6 is 0 Å². The van der Waals surface area contributed by atoms with E-state index in [0.717, 1.165) is 23.2 Å². The first-order valence-electron chi connectivity index (χ1n) is 6.57. The van der Waals surface area contributed by atoms with Crippen molar-refractivity contribution in [3.05, 3.63) is 59.7 Å². The van der Waals surface area contributed by atoms with Crippen molar-refractivity contribution in [1.29, 1.82) is 0 Å². The Kier molecular flexibility index (Phi) is 4.35. The fourth-order valence-electron chi connectivity index (χ4n) is 1.98. The molecule has 0 aliphatic heterocycles. The van der Waals surface area contributed by atoms with E-state index in [-0.39, 0.29) is 0 Å². The number of rotatable bonds is 4. The minimum atomic E-state index is 0.343.